The van der Waals surface area contributed by atoms with E-state index in [9.17, 15) is 8.42 Å². The molecule has 0 radical (unpaired) electrons. The summed E-state index contributed by atoms with van der Waals surface area (Å²) in [5.74, 6) is 0. The van der Waals surface area contributed by atoms with E-state index in [1.165, 1.54) is 16.6 Å². The second kappa shape index (κ2) is 6.25. The van der Waals surface area contributed by atoms with Gasteiger partial charge in [-0.1, -0.05) is 24.3 Å². The molecule has 1 aliphatic carbocycles. The van der Waals surface area contributed by atoms with E-state index in [-0.39, 0.29) is 6.04 Å². The topological polar surface area (TPSA) is 53.2 Å². The lowest BCUT2D eigenvalue weighted by Gasteiger charge is -2.31. The highest BCUT2D eigenvalue weighted by Gasteiger charge is 2.32. The zero-order valence-corrected chi connectivity index (χ0v) is 16.2. The first-order chi connectivity index (χ1) is 12.4. The molecule has 0 aliphatic heterocycles. The normalized spacial score (nSPS) is 17.6. The van der Waals surface area contributed by atoms with Crippen LogP contribution < -0.4 is 0 Å². The summed E-state index contributed by atoms with van der Waals surface area (Å²) in [6.07, 6.45) is 2.46. The molecule has 1 atom stereocenters. The average molecular weight is 369 g/mol. The average Bonchev–Trinajstić information content (AvgIpc) is 3.01. The fourth-order valence-corrected chi connectivity index (χ4v) is 5.37. The van der Waals surface area contributed by atoms with Gasteiger partial charge in [-0.05, 0) is 68.0 Å². The fraction of sp³-hybridized carbons (Fsp3) is 0.333. The van der Waals surface area contributed by atoms with Crippen LogP contribution in [0.4, 0.5) is 0 Å². The molecular formula is C21H24N2O2S. The summed E-state index contributed by atoms with van der Waals surface area (Å²) in [5.41, 5.74) is 5.76. The van der Waals surface area contributed by atoms with Crippen LogP contribution in [0.15, 0.2) is 47.4 Å². The molecule has 136 valence electrons. The molecule has 0 saturated carbocycles. The van der Waals surface area contributed by atoms with Gasteiger partial charge in [-0.3, -0.25) is 0 Å². The van der Waals surface area contributed by atoms with E-state index in [0.717, 1.165) is 35.9 Å². The van der Waals surface area contributed by atoms with Gasteiger partial charge in [0, 0.05) is 29.7 Å². The molecule has 0 spiro atoms. The zero-order chi connectivity index (χ0) is 18.5. The van der Waals surface area contributed by atoms with Crippen LogP contribution in [0.25, 0.3) is 10.9 Å². The van der Waals surface area contributed by atoms with E-state index in [1.807, 2.05) is 32.0 Å². The summed E-state index contributed by atoms with van der Waals surface area (Å²) < 4.78 is 27.8. The van der Waals surface area contributed by atoms with Crippen LogP contribution in [-0.4, -0.2) is 30.8 Å². The molecular weight excluding hydrogens is 344 g/mol. The highest BCUT2D eigenvalue weighted by Crippen LogP contribution is 2.32. The van der Waals surface area contributed by atoms with Gasteiger partial charge in [0.15, 0.2) is 0 Å². The zero-order valence-electron chi connectivity index (χ0n) is 15.4. The van der Waals surface area contributed by atoms with Crippen molar-refractivity contribution in [1.29, 1.82) is 0 Å². The van der Waals surface area contributed by atoms with Crippen molar-refractivity contribution in [1.82, 2.24) is 9.29 Å². The van der Waals surface area contributed by atoms with Crippen LogP contribution in [0.3, 0.4) is 0 Å². The summed E-state index contributed by atoms with van der Waals surface area (Å²) in [6, 6.07) is 13.6. The van der Waals surface area contributed by atoms with Crippen molar-refractivity contribution in [2.75, 3.05) is 7.05 Å². The summed E-state index contributed by atoms with van der Waals surface area (Å²) in [4.78, 5) is 3.87. The molecule has 3 aromatic rings. The Morgan fingerprint density at radius 3 is 2.62 bits per heavy atom. The molecule has 5 heteroatoms. The lowest BCUT2D eigenvalue weighted by Crippen LogP contribution is -2.40. The second-order valence-electron chi connectivity index (χ2n) is 7.29. The van der Waals surface area contributed by atoms with Gasteiger partial charge in [-0.15, -0.1) is 0 Å². The number of rotatable bonds is 3. The number of aromatic nitrogens is 1. The molecule has 1 N–H and O–H groups in total. The van der Waals surface area contributed by atoms with Crippen molar-refractivity contribution in [3.63, 3.8) is 0 Å². The first-order valence-corrected chi connectivity index (χ1v) is 10.5. The third-order valence-corrected chi connectivity index (χ3v) is 7.64. The molecule has 0 fully saturated rings. The van der Waals surface area contributed by atoms with Crippen LogP contribution in [0.5, 0.6) is 0 Å². The Kier molecular flexibility index (Phi) is 4.16. The third kappa shape index (κ3) is 2.75. The standard InChI is InChI=1S/C21H24N2O2S/c1-14-8-10-17(12-15(14)2)26(24,25)23(3)16-9-11-21-19(13-16)18-6-4-5-7-20(18)22-21/h4-8,10,12,16,22H,9,11,13H2,1-3H3. The maximum absolute atomic E-state index is 13.1. The van der Waals surface area contributed by atoms with Crippen molar-refractivity contribution < 1.29 is 8.42 Å². The van der Waals surface area contributed by atoms with E-state index >= 15 is 0 Å². The molecule has 0 amide bonds. The van der Waals surface area contributed by atoms with Crippen LogP contribution in [-0.2, 0) is 22.9 Å². The Morgan fingerprint density at radius 1 is 1.08 bits per heavy atom. The number of likely N-dealkylation sites (N-methyl/N-ethyl adjacent to an activating group) is 1. The van der Waals surface area contributed by atoms with Crippen LogP contribution in [0, 0.1) is 13.8 Å². The third-order valence-electron chi connectivity index (χ3n) is 5.74. The van der Waals surface area contributed by atoms with Gasteiger partial charge >= 0.3 is 0 Å². The minimum atomic E-state index is -3.49. The molecule has 0 bridgehead atoms. The number of fused-ring (bicyclic) bond motifs is 3. The lowest BCUT2D eigenvalue weighted by atomic mass is 9.91. The molecule has 1 aliphatic rings. The molecule has 1 aromatic heterocycles. The minimum absolute atomic E-state index is 0.0201. The van der Waals surface area contributed by atoms with Gasteiger partial charge in [-0.25, -0.2) is 8.42 Å². The van der Waals surface area contributed by atoms with Crippen LogP contribution in [0.1, 0.15) is 28.8 Å². The number of benzene rings is 2. The monoisotopic (exact) mass is 368 g/mol. The van der Waals surface area contributed by atoms with E-state index in [0.29, 0.717) is 4.90 Å². The number of nitrogens with zero attached hydrogens (tertiary/aromatic N) is 1. The largest absolute Gasteiger partial charge is 0.358 e. The number of sulfonamides is 1. The predicted octanol–water partition coefficient (Wildman–Crippen LogP) is 3.96. The van der Waals surface area contributed by atoms with Gasteiger partial charge in [0.25, 0.3) is 0 Å². The van der Waals surface area contributed by atoms with E-state index in [4.69, 9.17) is 0 Å². The molecule has 26 heavy (non-hydrogen) atoms. The van der Waals surface area contributed by atoms with Crippen LogP contribution in [0.2, 0.25) is 0 Å². The minimum Gasteiger partial charge on any atom is -0.358 e. The van der Waals surface area contributed by atoms with Crippen molar-refractivity contribution >= 4 is 20.9 Å². The van der Waals surface area contributed by atoms with Crippen LogP contribution >= 0.6 is 0 Å². The first-order valence-electron chi connectivity index (χ1n) is 9.01. The molecule has 4 nitrogen and oxygen atoms in total. The molecule has 1 unspecified atom stereocenters. The number of hydrogen-bond donors (Lipinski definition) is 1. The van der Waals surface area contributed by atoms with Gasteiger partial charge in [-0.2, -0.15) is 4.31 Å². The maximum Gasteiger partial charge on any atom is 0.243 e. The summed E-state index contributed by atoms with van der Waals surface area (Å²) >= 11 is 0. The Balaban J connectivity index is 1.66. The maximum atomic E-state index is 13.1. The Bertz CT molecular complexity index is 1080. The number of hydrogen-bond acceptors (Lipinski definition) is 2. The van der Waals surface area contributed by atoms with E-state index in [1.54, 1.807) is 23.5 Å². The van der Waals surface area contributed by atoms with Gasteiger partial charge < -0.3 is 4.98 Å². The second-order valence-corrected chi connectivity index (χ2v) is 9.29. The number of aryl methyl sites for hydroxylation is 3. The molecule has 2 aromatic carbocycles. The highest BCUT2D eigenvalue weighted by atomic mass is 32.2. The smallest absolute Gasteiger partial charge is 0.243 e. The van der Waals surface area contributed by atoms with Crippen molar-refractivity contribution in [2.45, 2.75) is 44.0 Å². The van der Waals surface area contributed by atoms with Gasteiger partial charge in [0.2, 0.25) is 10.0 Å². The lowest BCUT2D eigenvalue weighted by molar-refractivity contribution is 0.336. The SMILES string of the molecule is Cc1ccc(S(=O)(=O)N(C)C2CCc3[nH]c4ccccc4c3C2)cc1C. The summed E-state index contributed by atoms with van der Waals surface area (Å²) in [5, 5.41) is 1.21. The number of para-hydroxylation sites is 1. The fourth-order valence-electron chi connectivity index (χ4n) is 3.90. The van der Waals surface area contributed by atoms with Gasteiger partial charge in [0.05, 0.1) is 4.90 Å². The quantitative estimate of drug-likeness (QED) is 0.761. The van der Waals surface area contributed by atoms with Crippen molar-refractivity contribution in [3.05, 3.63) is 64.8 Å². The number of nitrogens with one attached hydrogen (secondary N) is 1. The number of H-pyrrole nitrogens is 1. The first kappa shape index (κ1) is 17.3. The molecule has 4 rings (SSSR count). The van der Waals surface area contributed by atoms with Crippen molar-refractivity contribution in [2.24, 2.45) is 0 Å². The van der Waals surface area contributed by atoms with Crippen molar-refractivity contribution in [3.8, 4) is 0 Å². The van der Waals surface area contributed by atoms with E-state index in [2.05, 4.69) is 17.1 Å². The Morgan fingerprint density at radius 2 is 1.85 bits per heavy atom. The van der Waals surface area contributed by atoms with Gasteiger partial charge in [0.1, 0.15) is 0 Å². The highest BCUT2D eigenvalue weighted by molar-refractivity contribution is 7.89. The molecule has 1 heterocycles. The number of aromatic amines is 1. The van der Waals surface area contributed by atoms with E-state index < -0.39 is 10.0 Å². The predicted molar refractivity (Wildman–Crippen MR) is 105 cm³/mol. The Hall–Kier alpha value is -2.11. The molecule has 0 saturated heterocycles. The summed E-state index contributed by atoms with van der Waals surface area (Å²) in [6.45, 7) is 3.95. The summed E-state index contributed by atoms with van der Waals surface area (Å²) in [7, 11) is -1.78. The Labute approximate surface area is 154 Å².